The zero-order valence-corrected chi connectivity index (χ0v) is 15.3. The van der Waals surface area contributed by atoms with Crippen LogP contribution in [0.15, 0.2) is 11.2 Å². The number of likely N-dealkylation sites (N-methyl/N-ethyl adjacent to an activating group) is 1. The summed E-state index contributed by atoms with van der Waals surface area (Å²) in [6.45, 7) is 1.09. The van der Waals surface area contributed by atoms with Gasteiger partial charge in [-0.25, -0.2) is 15.1 Å². The molecular formula is C16H25N7O3. The minimum atomic E-state index is -0.479. The highest BCUT2D eigenvalue weighted by atomic mass is 16.7. The number of carbonyl (C=O) groups excluding carboxylic acids is 2. The molecule has 2 atom stereocenters. The number of fused-ring (bicyclic) bond motifs is 4. The number of amidine groups is 1. The quantitative estimate of drug-likeness (QED) is 0.331. The van der Waals surface area contributed by atoms with Crippen molar-refractivity contribution in [1.29, 1.82) is 0 Å². The van der Waals surface area contributed by atoms with Crippen molar-refractivity contribution < 1.29 is 14.4 Å². The summed E-state index contributed by atoms with van der Waals surface area (Å²) >= 11 is 0. The molecule has 3 N–H and O–H groups in total. The number of aliphatic imine (C=N–C) groups is 1. The van der Waals surface area contributed by atoms with E-state index < -0.39 is 6.04 Å². The Bertz CT molecular complexity index is 729. The number of hydroxylamine groups is 1. The Morgan fingerprint density at radius 3 is 2.92 bits per heavy atom. The summed E-state index contributed by atoms with van der Waals surface area (Å²) in [6, 6.07) is -0.596. The molecule has 3 heterocycles. The molecule has 0 unspecified atom stereocenters. The van der Waals surface area contributed by atoms with Crippen molar-refractivity contribution in [1.82, 2.24) is 25.1 Å². The van der Waals surface area contributed by atoms with E-state index in [9.17, 15) is 9.59 Å². The molecule has 2 bridgehead atoms. The van der Waals surface area contributed by atoms with Gasteiger partial charge in [0.25, 0.3) is 0 Å². The smallest absolute Gasteiger partial charge is 0.332 e. The molecule has 3 rings (SSSR count). The number of aryl methyl sites for hydroxylation is 1. The van der Waals surface area contributed by atoms with Gasteiger partial charge in [-0.05, 0) is 19.4 Å². The van der Waals surface area contributed by atoms with Crippen LogP contribution in [0.5, 0.6) is 0 Å². The van der Waals surface area contributed by atoms with E-state index in [1.807, 2.05) is 7.05 Å². The fourth-order valence-electron chi connectivity index (χ4n) is 3.52. The molecule has 1 fully saturated rings. The second-order valence-corrected chi connectivity index (χ2v) is 6.50. The third-order valence-corrected chi connectivity index (χ3v) is 4.93. The van der Waals surface area contributed by atoms with Crippen LogP contribution in [0, 0.1) is 0 Å². The van der Waals surface area contributed by atoms with E-state index in [2.05, 4.69) is 15.6 Å². The first-order chi connectivity index (χ1) is 12.5. The monoisotopic (exact) mass is 363 g/mol. The predicted octanol–water partition coefficient (Wildman–Crippen LogP) is 0.0884. The van der Waals surface area contributed by atoms with Gasteiger partial charge in [-0.15, -0.1) is 0 Å². The van der Waals surface area contributed by atoms with Crippen LogP contribution in [0.2, 0.25) is 0 Å². The summed E-state index contributed by atoms with van der Waals surface area (Å²) in [4.78, 5) is 37.3. The molecule has 10 nitrogen and oxygen atoms in total. The lowest BCUT2D eigenvalue weighted by molar-refractivity contribution is -0.148. The van der Waals surface area contributed by atoms with E-state index in [0.717, 1.165) is 17.7 Å². The van der Waals surface area contributed by atoms with Crippen LogP contribution in [0.3, 0.4) is 0 Å². The number of hydrogen-bond acceptors (Lipinski definition) is 6. The lowest BCUT2D eigenvalue weighted by atomic mass is 9.97. The summed E-state index contributed by atoms with van der Waals surface area (Å²) in [6.07, 6.45) is 3.49. The van der Waals surface area contributed by atoms with Crippen molar-refractivity contribution in [3.8, 4) is 0 Å². The van der Waals surface area contributed by atoms with Gasteiger partial charge in [-0.2, -0.15) is 5.10 Å². The average molecular weight is 363 g/mol. The van der Waals surface area contributed by atoms with E-state index in [-0.39, 0.29) is 24.5 Å². The van der Waals surface area contributed by atoms with Gasteiger partial charge in [0, 0.05) is 39.7 Å². The Labute approximate surface area is 151 Å². The molecule has 1 saturated heterocycles. The van der Waals surface area contributed by atoms with Gasteiger partial charge < -0.3 is 20.4 Å². The number of aromatic nitrogens is 2. The van der Waals surface area contributed by atoms with Gasteiger partial charge in [-0.1, -0.05) is 0 Å². The van der Waals surface area contributed by atoms with Crippen molar-refractivity contribution in [2.75, 3.05) is 27.2 Å². The first kappa shape index (κ1) is 18.2. The second-order valence-electron chi connectivity index (χ2n) is 6.50. The maximum absolute atomic E-state index is 12.6. The maximum Gasteiger partial charge on any atom is 0.332 e. The van der Waals surface area contributed by atoms with Crippen molar-refractivity contribution in [2.45, 2.75) is 31.3 Å². The molecule has 0 saturated carbocycles. The number of urea groups is 1. The standard InChI is InChI=1S/C16H25N7O3/c1-18-15(20-26-12(24)6-4-5-7-17)14-13-10(8-19-22(13)3)11-9-23(14)16(25)21(11)2/h8,11,14H,4-7,9,17H2,1-3H3,(H,18,20)/t11-,14-/m0/s1. The fourth-order valence-corrected chi connectivity index (χ4v) is 3.52. The van der Waals surface area contributed by atoms with Gasteiger partial charge in [0.2, 0.25) is 0 Å². The van der Waals surface area contributed by atoms with Crippen molar-refractivity contribution in [3.05, 3.63) is 17.5 Å². The largest absolute Gasteiger partial charge is 0.342 e. The highest BCUT2D eigenvalue weighted by molar-refractivity contribution is 5.94. The summed E-state index contributed by atoms with van der Waals surface area (Å²) in [5.41, 5.74) is 9.94. The highest BCUT2D eigenvalue weighted by Gasteiger charge is 2.49. The lowest BCUT2D eigenvalue weighted by Gasteiger charge is -2.32. The number of rotatable bonds is 5. The molecule has 2 amide bonds. The molecule has 0 aliphatic carbocycles. The van der Waals surface area contributed by atoms with Gasteiger partial charge >= 0.3 is 12.0 Å². The summed E-state index contributed by atoms with van der Waals surface area (Å²) < 4.78 is 1.74. The van der Waals surface area contributed by atoms with Crippen molar-refractivity contribution in [3.63, 3.8) is 0 Å². The van der Waals surface area contributed by atoms with Crippen LogP contribution in [-0.2, 0) is 16.7 Å². The first-order valence-corrected chi connectivity index (χ1v) is 8.67. The summed E-state index contributed by atoms with van der Waals surface area (Å²) in [5, 5.41) is 4.34. The SMILES string of the molecule is CN=C(NOC(=O)CCCCN)[C@@H]1c2c(cnn2C)[C@@H]2CN1C(=O)N2C. The number of nitrogens with two attached hydrogens (primary N) is 1. The van der Waals surface area contributed by atoms with Crippen LogP contribution in [0.25, 0.3) is 0 Å². The third-order valence-electron chi connectivity index (χ3n) is 4.93. The lowest BCUT2D eigenvalue weighted by Crippen LogP contribution is -2.44. The molecule has 0 radical (unpaired) electrons. The second kappa shape index (κ2) is 7.32. The number of unbranched alkanes of at least 4 members (excludes halogenated alkanes) is 1. The van der Waals surface area contributed by atoms with E-state index in [1.165, 1.54) is 0 Å². The van der Waals surface area contributed by atoms with Crippen LogP contribution >= 0.6 is 0 Å². The molecule has 1 aromatic rings. The van der Waals surface area contributed by atoms with E-state index in [4.69, 9.17) is 10.6 Å². The van der Waals surface area contributed by atoms with Crippen LogP contribution < -0.4 is 11.2 Å². The van der Waals surface area contributed by atoms with Gasteiger partial charge in [0.05, 0.1) is 17.9 Å². The normalized spacial score (nSPS) is 21.8. The van der Waals surface area contributed by atoms with E-state index >= 15 is 0 Å². The Morgan fingerprint density at radius 1 is 1.46 bits per heavy atom. The molecule has 142 valence electrons. The van der Waals surface area contributed by atoms with Gasteiger partial charge in [0.1, 0.15) is 6.04 Å². The first-order valence-electron chi connectivity index (χ1n) is 8.67. The van der Waals surface area contributed by atoms with Crippen molar-refractivity contribution in [2.24, 2.45) is 17.8 Å². The molecule has 0 aromatic carbocycles. The van der Waals surface area contributed by atoms with E-state index in [0.29, 0.717) is 25.3 Å². The predicted molar refractivity (Wildman–Crippen MR) is 94.0 cm³/mol. The molecule has 26 heavy (non-hydrogen) atoms. The van der Waals surface area contributed by atoms with Crippen LogP contribution in [-0.4, -0.2) is 64.6 Å². The molecule has 1 aromatic heterocycles. The molecule has 2 aliphatic heterocycles. The Hall–Kier alpha value is -2.62. The highest BCUT2D eigenvalue weighted by Crippen LogP contribution is 2.42. The average Bonchev–Trinajstić information content (AvgIpc) is 3.13. The Balaban J connectivity index is 1.79. The number of hydrogen-bond donors (Lipinski definition) is 2. The molecule has 0 spiro atoms. The third kappa shape index (κ3) is 3.00. The fraction of sp³-hybridized carbons (Fsp3) is 0.625. The number of amides is 2. The zero-order valence-electron chi connectivity index (χ0n) is 15.3. The van der Waals surface area contributed by atoms with Gasteiger partial charge in [0.15, 0.2) is 5.84 Å². The minimum absolute atomic E-state index is 0.0284. The Kier molecular flexibility index (Phi) is 5.12. The molecule has 10 heteroatoms. The number of nitrogens with zero attached hydrogens (tertiary/aromatic N) is 5. The number of nitrogens with one attached hydrogen (secondary N) is 1. The minimum Gasteiger partial charge on any atom is -0.342 e. The van der Waals surface area contributed by atoms with Crippen molar-refractivity contribution >= 4 is 17.8 Å². The van der Waals surface area contributed by atoms with Crippen LogP contribution in [0.1, 0.15) is 42.6 Å². The summed E-state index contributed by atoms with van der Waals surface area (Å²) in [5.74, 6) is 0.00695. The molecule has 2 aliphatic rings. The zero-order chi connectivity index (χ0) is 18.8. The Morgan fingerprint density at radius 2 is 2.23 bits per heavy atom. The van der Waals surface area contributed by atoms with Gasteiger partial charge in [-0.3, -0.25) is 9.67 Å². The number of carbonyl (C=O) groups is 2. The topological polar surface area (TPSA) is 118 Å². The summed E-state index contributed by atoms with van der Waals surface area (Å²) in [7, 11) is 5.20. The van der Waals surface area contributed by atoms with Crippen LogP contribution in [0.4, 0.5) is 4.79 Å². The van der Waals surface area contributed by atoms with E-state index in [1.54, 1.807) is 34.8 Å². The maximum atomic E-state index is 12.6. The molecular weight excluding hydrogens is 338 g/mol.